The molecule has 4 N–H and O–H groups in total. The maximum absolute atomic E-state index is 12.0. The summed E-state index contributed by atoms with van der Waals surface area (Å²) in [4.78, 5) is 20.4. The van der Waals surface area contributed by atoms with E-state index in [0.717, 1.165) is 37.1 Å². The number of halogens is 4. The van der Waals surface area contributed by atoms with Crippen molar-refractivity contribution in [1.29, 1.82) is 5.26 Å². The number of rotatable bonds is 14. The minimum Gasteiger partial charge on any atom is -0.440 e. The topological polar surface area (TPSA) is 142 Å². The molecule has 0 bridgehead atoms. The monoisotopic (exact) mass is 653 g/mol. The molecule has 2 aromatic rings. The number of nitrogens with one attached hydrogen (secondary N) is 4. The highest BCUT2D eigenvalue weighted by atomic mass is 35.5. The molecule has 1 aliphatic heterocycles. The number of nitriles is 1. The van der Waals surface area contributed by atoms with Crippen molar-refractivity contribution in [1.82, 2.24) is 20.6 Å². The van der Waals surface area contributed by atoms with Crippen LogP contribution in [0.5, 0.6) is 0 Å². The van der Waals surface area contributed by atoms with Crippen LogP contribution in [0.15, 0.2) is 30.5 Å². The van der Waals surface area contributed by atoms with Crippen LogP contribution in [0.3, 0.4) is 0 Å². The van der Waals surface area contributed by atoms with Crippen molar-refractivity contribution in [3.63, 3.8) is 0 Å². The summed E-state index contributed by atoms with van der Waals surface area (Å²) in [6.45, 7) is 1.31. The maximum Gasteiger partial charge on any atom is 0.422 e. The lowest BCUT2D eigenvalue weighted by atomic mass is 9.82. The zero-order chi connectivity index (χ0) is 32.1. The van der Waals surface area contributed by atoms with Crippen LogP contribution in [0.25, 0.3) is 11.3 Å². The maximum atomic E-state index is 12.0. The Hall–Kier alpha value is -3.38. The van der Waals surface area contributed by atoms with E-state index in [-0.39, 0.29) is 19.2 Å². The fourth-order valence-electron chi connectivity index (χ4n) is 5.26. The van der Waals surface area contributed by atoms with Crippen molar-refractivity contribution in [3.8, 4) is 17.3 Å². The lowest BCUT2D eigenvalue weighted by Crippen LogP contribution is -2.38. The SMILES string of the molecule is N#CC1(CNc2cccc(-c3cc(NC4CCC(NCCOCCNC(=O)OCC(F)(F)F)CC4)ncc3Cl)n2)CCOCC1. The molecule has 4 rings (SSSR count). The van der Waals surface area contributed by atoms with Crippen LogP contribution in [-0.4, -0.2) is 87.0 Å². The number of nitrogens with zero attached hydrogens (tertiary/aromatic N) is 3. The molecule has 246 valence electrons. The van der Waals surface area contributed by atoms with Gasteiger partial charge in [0.25, 0.3) is 0 Å². The summed E-state index contributed by atoms with van der Waals surface area (Å²) in [6, 6.07) is 10.7. The van der Waals surface area contributed by atoms with E-state index in [1.807, 2.05) is 24.3 Å². The van der Waals surface area contributed by atoms with Gasteiger partial charge in [0, 0.05) is 56.7 Å². The molecule has 1 saturated heterocycles. The van der Waals surface area contributed by atoms with E-state index < -0.39 is 24.3 Å². The summed E-state index contributed by atoms with van der Waals surface area (Å²) >= 11 is 6.53. The number of hydrogen-bond acceptors (Lipinski definition) is 10. The molecule has 3 heterocycles. The molecule has 1 aliphatic carbocycles. The van der Waals surface area contributed by atoms with E-state index in [4.69, 9.17) is 26.1 Å². The van der Waals surface area contributed by atoms with Crippen LogP contribution in [-0.2, 0) is 14.2 Å². The van der Waals surface area contributed by atoms with E-state index in [0.29, 0.717) is 68.3 Å². The Balaban J connectivity index is 1.16. The fraction of sp³-hybridized carbons (Fsp3) is 0.600. The van der Waals surface area contributed by atoms with E-state index in [1.54, 1.807) is 6.20 Å². The number of carbonyl (C=O) groups is 1. The Morgan fingerprint density at radius 3 is 2.58 bits per heavy atom. The number of amides is 1. The quantitative estimate of drug-likeness (QED) is 0.202. The third-order valence-electron chi connectivity index (χ3n) is 7.82. The summed E-state index contributed by atoms with van der Waals surface area (Å²) in [7, 11) is 0. The molecule has 0 aromatic carbocycles. The number of alkyl carbamates (subject to hydrolysis) is 1. The van der Waals surface area contributed by atoms with Crippen molar-refractivity contribution < 1.29 is 32.2 Å². The summed E-state index contributed by atoms with van der Waals surface area (Å²) in [5.74, 6) is 1.40. The van der Waals surface area contributed by atoms with Gasteiger partial charge in [0.15, 0.2) is 6.61 Å². The molecule has 2 fully saturated rings. The first-order valence-electron chi connectivity index (χ1n) is 15.1. The number of carbonyl (C=O) groups excluding carboxylic acids is 1. The highest BCUT2D eigenvalue weighted by molar-refractivity contribution is 6.33. The minimum absolute atomic E-state index is 0.0610. The number of alkyl halides is 3. The smallest absolute Gasteiger partial charge is 0.422 e. The Bertz CT molecular complexity index is 1280. The Labute approximate surface area is 265 Å². The van der Waals surface area contributed by atoms with Crippen LogP contribution in [0.2, 0.25) is 5.02 Å². The average molecular weight is 654 g/mol. The predicted octanol–water partition coefficient (Wildman–Crippen LogP) is 5.15. The summed E-state index contributed by atoms with van der Waals surface area (Å²) in [6.07, 6.45) is 1.16. The largest absolute Gasteiger partial charge is 0.440 e. The normalized spacial score (nSPS) is 19.7. The number of anilines is 2. The van der Waals surface area contributed by atoms with Gasteiger partial charge in [-0.15, -0.1) is 0 Å². The van der Waals surface area contributed by atoms with E-state index >= 15 is 0 Å². The Kier molecular flexibility index (Phi) is 12.9. The molecule has 45 heavy (non-hydrogen) atoms. The summed E-state index contributed by atoms with van der Waals surface area (Å²) < 4.78 is 51.0. The van der Waals surface area contributed by atoms with Crippen LogP contribution in [0, 0.1) is 16.7 Å². The highest BCUT2D eigenvalue weighted by Crippen LogP contribution is 2.32. The molecule has 2 aromatic heterocycles. The standard InChI is InChI=1S/C30H39ClF3N7O4/c31-24-17-38-27(16-23(24)25-2-1-3-26(41-25)39-19-29(18-35)8-12-43-13-9-29)40-22-6-4-21(5-7-22)36-10-14-44-15-11-37-28(42)45-20-30(32,33)34/h1-3,16-17,21-22,36H,4-15,19-20H2,(H,37,42)(H,38,40)(H,39,41). The van der Waals surface area contributed by atoms with Gasteiger partial charge in [-0.05, 0) is 56.7 Å². The highest BCUT2D eigenvalue weighted by Gasteiger charge is 2.33. The number of hydrogen-bond donors (Lipinski definition) is 4. The van der Waals surface area contributed by atoms with Crippen molar-refractivity contribution in [2.75, 3.05) is 63.3 Å². The second-order valence-electron chi connectivity index (χ2n) is 11.2. The summed E-state index contributed by atoms with van der Waals surface area (Å²) in [5.41, 5.74) is 1.01. The molecule has 0 radical (unpaired) electrons. The van der Waals surface area contributed by atoms with Gasteiger partial charge in [-0.25, -0.2) is 14.8 Å². The molecule has 0 spiro atoms. The molecular weight excluding hydrogens is 615 g/mol. The van der Waals surface area contributed by atoms with E-state index in [1.165, 1.54) is 0 Å². The van der Waals surface area contributed by atoms with E-state index in [9.17, 15) is 23.2 Å². The lowest BCUT2D eigenvalue weighted by molar-refractivity contribution is -0.160. The van der Waals surface area contributed by atoms with Crippen molar-refractivity contribution in [3.05, 3.63) is 35.5 Å². The van der Waals surface area contributed by atoms with Crippen molar-refractivity contribution in [2.24, 2.45) is 5.41 Å². The number of pyridine rings is 2. The molecule has 1 amide bonds. The Morgan fingerprint density at radius 1 is 1.11 bits per heavy atom. The van der Waals surface area contributed by atoms with Crippen LogP contribution in [0.4, 0.5) is 29.6 Å². The van der Waals surface area contributed by atoms with Gasteiger partial charge in [0.2, 0.25) is 0 Å². The third-order valence-corrected chi connectivity index (χ3v) is 8.12. The molecule has 0 atom stereocenters. The van der Waals surface area contributed by atoms with Gasteiger partial charge < -0.3 is 35.5 Å². The zero-order valence-electron chi connectivity index (χ0n) is 24.9. The van der Waals surface area contributed by atoms with Crippen LogP contribution >= 0.6 is 11.6 Å². The van der Waals surface area contributed by atoms with Crippen LogP contribution < -0.4 is 21.3 Å². The van der Waals surface area contributed by atoms with Gasteiger partial charge >= 0.3 is 12.3 Å². The first-order chi connectivity index (χ1) is 21.6. The molecular formula is C30H39ClF3N7O4. The van der Waals surface area contributed by atoms with E-state index in [2.05, 4.69) is 37.1 Å². The average Bonchev–Trinajstić information content (AvgIpc) is 3.04. The first-order valence-corrected chi connectivity index (χ1v) is 15.4. The number of ether oxygens (including phenoxy) is 3. The van der Waals surface area contributed by atoms with Gasteiger partial charge in [-0.1, -0.05) is 17.7 Å². The van der Waals surface area contributed by atoms with Gasteiger partial charge in [0.05, 0.1) is 35.4 Å². The minimum atomic E-state index is -4.55. The molecule has 11 nitrogen and oxygen atoms in total. The molecule has 2 aliphatic rings. The Morgan fingerprint density at radius 2 is 1.84 bits per heavy atom. The van der Waals surface area contributed by atoms with Gasteiger partial charge in [-0.2, -0.15) is 18.4 Å². The first kappa shape index (κ1) is 34.5. The predicted molar refractivity (Wildman–Crippen MR) is 163 cm³/mol. The zero-order valence-corrected chi connectivity index (χ0v) is 25.7. The number of aromatic nitrogens is 2. The summed E-state index contributed by atoms with van der Waals surface area (Å²) in [5, 5.41) is 22.8. The van der Waals surface area contributed by atoms with Gasteiger partial charge in [-0.3, -0.25) is 0 Å². The molecule has 1 saturated carbocycles. The van der Waals surface area contributed by atoms with Gasteiger partial charge in [0.1, 0.15) is 11.6 Å². The second-order valence-corrected chi connectivity index (χ2v) is 11.6. The molecule has 15 heteroatoms. The van der Waals surface area contributed by atoms with Crippen molar-refractivity contribution in [2.45, 2.75) is 56.8 Å². The second kappa shape index (κ2) is 16.8. The van der Waals surface area contributed by atoms with Crippen LogP contribution in [0.1, 0.15) is 38.5 Å². The third kappa shape index (κ3) is 11.5. The fourth-order valence-corrected chi connectivity index (χ4v) is 5.46. The van der Waals surface area contributed by atoms with Crippen molar-refractivity contribution >= 4 is 29.3 Å². The molecule has 0 unspecified atom stereocenters. The lowest BCUT2D eigenvalue weighted by Gasteiger charge is -2.30.